The largest absolute Gasteiger partial charge is 0.510 e. The number of thioether (sulfide) groups is 1. The maximum absolute atomic E-state index is 10.8. The van der Waals surface area contributed by atoms with Crippen LogP contribution in [0.4, 0.5) is 4.79 Å². The van der Waals surface area contributed by atoms with Gasteiger partial charge in [0.25, 0.3) is 0 Å². The smallest absolute Gasteiger partial charge is 0.438 e. The molecule has 2 atom stereocenters. The van der Waals surface area contributed by atoms with E-state index in [1.807, 2.05) is 0 Å². The van der Waals surface area contributed by atoms with E-state index in [1.54, 1.807) is 11.8 Å². The maximum Gasteiger partial charge on any atom is 0.510 e. The van der Waals surface area contributed by atoms with Gasteiger partial charge in [0, 0.05) is 0 Å². The first-order valence-electron chi connectivity index (χ1n) is 6.08. The number of alkyl halides is 2. The second-order valence-corrected chi connectivity index (χ2v) is 16.7. The molecule has 9 heteroatoms. The second kappa shape index (κ2) is 10.9. The van der Waals surface area contributed by atoms with Crippen LogP contribution in [0.3, 0.4) is 0 Å². The molecule has 2 unspecified atom stereocenters. The van der Waals surface area contributed by atoms with E-state index in [2.05, 4.69) is 76.5 Å². The second-order valence-electron chi connectivity index (χ2n) is 4.84. The van der Waals surface area contributed by atoms with Crippen LogP contribution in [-0.2, 0) is 18.6 Å². The Morgan fingerprint density at radius 3 is 2.45 bits per heavy atom. The van der Waals surface area contributed by atoms with Crippen molar-refractivity contribution < 1.29 is 23.4 Å². The van der Waals surface area contributed by atoms with Gasteiger partial charge in [0.1, 0.15) is 5.44 Å². The summed E-state index contributed by atoms with van der Waals surface area (Å²) >= 11 is 6.25. The summed E-state index contributed by atoms with van der Waals surface area (Å²) in [6, 6.07) is 0. The topological polar surface area (TPSA) is 54.0 Å². The molecule has 0 saturated carbocycles. The lowest BCUT2D eigenvalue weighted by atomic mass is 10.7. The Labute approximate surface area is 153 Å². The monoisotopic (exact) mass is 548 g/mol. The highest BCUT2D eigenvalue weighted by molar-refractivity contribution is 14.2. The Kier molecular flexibility index (Phi) is 11.5. The lowest BCUT2D eigenvalue weighted by Gasteiger charge is -2.20. The zero-order valence-corrected chi connectivity index (χ0v) is 18.5. The summed E-state index contributed by atoms with van der Waals surface area (Å²) in [5.74, 6) is 0.620. The quantitative estimate of drug-likeness (QED) is 0.227. The van der Waals surface area contributed by atoms with E-state index in [1.165, 1.54) is 7.11 Å². The number of rotatable bonds is 4. The number of carbonyl (C=O) groups excluding carboxylic acids is 1. The van der Waals surface area contributed by atoms with Gasteiger partial charge in [-0.2, -0.15) is 0 Å². The van der Waals surface area contributed by atoms with E-state index in [9.17, 15) is 4.79 Å². The van der Waals surface area contributed by atoms with Crippen molar-refractivity contribution in [3.63, 3.8) is 0 Å². The molecule has 0 aliphatic carbocycles. The molecule has 1 fully saturated rings. The molecule has 120 valence electrons. The van der Waals surface area contributed by atoms with Gasteiger partial charge in [0.2, 0.25) is 6.29 Å². The highest BCUT2D eigenvalue weighted by Gasteiger charge is 2.30. The number of hydrogen-bond acceptors (Lipinski definition) is 6. The van der Waals surface area contributed by atoms with Crippen molar-refractivity contribution in [1.29, 1.82) is 0 Å². The Balaban J connectivity index is 0.000000796. The Hall–Kier alpha value is 1.22. The fourth-order valence-electron chi connectivity index (χ4n) is 1.06. The average Bonchev–Trinajstić information content (AvgIpc) is 2.72. The summed E-state index contributed by atoms with van der Waals surface area (Å²) in [6.45, 7) is 9.04. The third-order valence-corrected chi connectivity index (χ3v) is 3.88. The summed E-state index contributed by atoms with van der Waals surface area (Å²) in [6.07, 6.45) is -1.23. The summed E-state index contributed by atoms with van der Waals surface area (Å²) in [4.78, 5) is 10.8. The van der Waals surface area contributed by atoms with Crippen LogP contribution in [0.25, 0.3) is 0 Å². The molecule has 1 aliphatic heterocycles. The van der Waals surface area contributed by atoms with Crippen molar-refractivity contribution >= 4 is 71.4 Å². The Bertz CT molecular complexity index is 286. The van der Waals surface area contributed by atoms with Gasteiger partial charge in [-0.1, -0.05) is 45.2 Å². The number of carbonyl (C=O) groups is 1. The number of halogens is 2. The molecule has 1 saturated heterocycles. The number of methoxy groups -OCH3 is 1. The zero-order chi connectivity index (χ0) is 15.8. The predicted molar refractivity (Wildman–Crippen MR) is 101 cm³/mol. The highest BCUT2D eigenvalue weighted by atomic mass is 127. The van der Waals surface area contributed by atoms with Crippen molar-refractivity contribution in [3.05, 3.63) is 0 Å². The van der Waals surface area contributed by atoms with Crippen LogP contribution < -0.4 is 0 Å². The van der Waals surface area contributed by atoms with E-state index in [-0.39, 0.29) is 5.44 Å². The van der Waals surface area contributed by atoms with E-state index < -0.39 is 20.8 Å². The lowest BCUT2D eigenvalue weighted by molar-refractivity contribution is -0.109. The summed E-state index contributed by atoms with van der Waals surface area (Å²) in [5, 5.41) is 0. The fraction of sp³-hybridized carbons (Fsp3) is 0.909. The minimum absolute atomic E-state index is 0.0543. The minimum Gasteiger partial charge on any atom is -0.438 e. The molecular formula is C11H22I2O5SSi. The first-order chi connectivity index (χ1) is 9.14. The van der Waals surface area contributed by atoms with Crippen LogP contribution in [-0.4, -0.2) is 47.6 Å². The van der Waals surface area contributed by atoms with E-state index in [0.29, 0.717) is 12.4 Å². The molecule has 0 amide bonds. The van der Waals surface area contributed by atoms with Gasteiger partial charge >= 0.3 is 6.16 Å². The summed E-state index contributed by atoms with van der Waals surface area (Å²) < 4.78 is 21.2. The molecule has 1 aliphatic rings. The van der Waals surface area contributed by atoms with Gasteiger partial charge in [-0.15, -0.1) is 11.8 Å². The third-order valence-electron chi connectivity index (χ3n) is 1.77. The van der Waals surface area contributed by atoms with Crippen molar-refractivity contribution in [2.24, 2.45) is 0 Å². The highest BCUT2D eigenvalue weighted by Crippen LogP contribution is 2.27. The van der Waals surface area contributed by atoms with Crippen LogP contribution in [0.2, 0.25) is 19.6 Å². The number of ether oxygens (including phenoxy) is 3. The lowest BCUT2D eigenvalue weighted by Crippen LogP contribution is -2.30. The molecule has 1 heterocycles. The van der Waals surface area contributed by atoms with Gasteiger partial charge in [-0.05, 0) is 26.6 Å². The van der Waals surface area contributed by atoms with Crippen LogP contribution in [0.1, 0.15) is 6.92 Å². The molecule has 20 heavy (non-hydrogen) atoms. The van der Waals surface area contributed by atoms with Crippen LogP contribution in [0, 0.1) is 0 Å². The van der Waals surface area contributed by atoms with Crippen LogP contribution in [0.5, 0.6) is 0 Å². The van der Waals surface area contributed by atoms with Crippen molar-refractivity contribution in [1.82, 2.24) is 0 Å². The van der Waals surface area contributed by atoms with Gasteiger partial charge in [-0.25, -0.2) is 4.79 Å². The standard InChI is InChI=1S/C9H18O5SSi.C2H4I2/c1-11-9(10)14-7-6-15-8(13-7)5-12-16(2,3)4;1-2(3)4/h7-8H,5-6H2,1-4H3;2H,1H3. The molecule has 0 aromatic rings. The minimum atomic E-state index is -1.51. The van der Waals surface area contributed by atoms with E-state index in [4.69, 9.17) is 13.9 Å². The SMILES string of the molecule is CC(I)I.COC(=O)OC1CSC(CO[Si](C)(C)C)O1. The summed E-state index contributed by atoms with van der Waals surface area (Å²) in [7, 11) is -0.237. The molecule has 5 nitrogen and oxygen atoms in total. The Morgan fingerprint density at radius 1 is 1.45 bits per heavy atom. The van der Waals surface area contributed by atoms with Crippen molar-refractivity contribution in [3.8, 4) is 0 Å². The average molecular weight is 548 g/mol. The molecule has 1 rings (SSSR count). The predicted octanol–water partition coefficient (Wildman–Crippen LogP) is 4.24. The molecular weight excluding hydrogens is 526 g/mol. The van der Waals surface area contributed by atoms with Crippen LogP contribution in [0.15, 0.2) is 0 Å². The normalized spacial score (nSPS) is 22.2. The van der Waals surface area contributed by atoms with Crippen LogP contribution >= 0.6 is 56.9 Å². The molecule has 0 radical (unpaired) electrons. The van der Waals surface area contributed by atoms with Gasteiger partial charge < -0.3 is 18.6 Å². The van der Waals surface area contributed by atoms with Gasteiger partial charge in [0.05, 0.1) is 21.4 Å². The molecule has 0 aromatic carbocycles. The summed E-state index contributed by atoms with van der Waals surface area (Å²) in [5.41, 5.74) is -0.0543. The van der Waals surface area contributed by atoms with Gasteiger partial charge in [0.15, 0.2) is 8.32 Å². The van der Waals surface area contributed by atoms with Crippen molar-refractivity contribution in [2.45, 2.75) is 40.2 Å². The zero-order valence-electron chi connectivity index (χ0n) is 12.4. The van der Waals surface area contributed by atoms with E-state index in [0.717, 1.165) is 1.93 Å². The first-order valence-corrected chi connectivity index (χ1v) is 13.0. The van der Waals surface area contributed by atoms with Crippen molar-refractivity contribution in [2.75, 3.05) is 19.5 Å². The third kappa shape index (κ3) is 12.9. The molecule has 0 spiro atoms. The van der Waals surface area contributed by atoms with E-state index >= 15 is 0 Å². The maximum atomic E-state index is 10.8. The Morgan fingerprint density at radius 2 is 2.00 bits per heavy atom. The molecule has 0 bridgehead atoms. The number of hydrogen-bond donors (Lipinski definition) is 0. The molecule has 0 aromatic heterocycles. The van der Waals surface area contributed by atoms with Gasteiger partial charge in [-0.3, -0.25) is 0 Å². The molecule has 0 N–H and O–H groups in total. The first kappa shape index (κ1) is 21.2. The fourth-order valence-corrected chi connectivity index (χ4v) is 2.71.